The Morgan fingerprint density at radius 2 is 2.25 bits per heavy atom. The normalized spacial score (nSPS) is 17.1. The molecule has 1 saturated heterocycles. The molecule has 0 aliphatic carbocycles. The highest BCUT2D eigenvalue weighted by Crippen LogP contribution is 2.11. The fourth-order valence-corrected chi connectivity index (χ4v) is 2.62. The van der Waals surface area contributed by atoms with E-state index < -0.39 is 0 Å². The zero-order valence-corrected chi connectivity index (χ0v) is 12.1. The molecule has 2 rings (SSSR count). The van der Waals surface area contributed by atoms with Crippen LogP contribution in [-0.4, -0.2) is 41.5 Å². The van der Waals surface area contributed by atoms with Gasteiger partial charge in [-0.05, 0) is 37.9 Å². The van der Waals surface area contributed by atoms with E-state index in [1.165, 1.54) is 6.42 Å². The van der Waals surface area contributed by atoms with Gasteiger partial charge in [0.05, 0.1) is 5.69 Å². The number of hydrogen-bond donors (Lipinski definition) is 2. The standard InChI is InChI=1S/C15H24N4O/c1-2-7-19-8-4-13(5-9-19)18-15(20)12-3-6-17-14(10-12)11-16/h3,6,10,13H,2,4-5,7-9,11,16H2,1H3,(H,18,20). The molecule has 1 aromatic rings. The molecule has 1 amide bonds. The van der Waals surface area contributed by atoms with Crippen molar-refractivity contribution in [3.8, 4) is 0 Å². The van der Waals surface area contributed by atoms with Crippen LogP contribution >= 0.6 is 0 Å². The Hall–Kier alpha value is -1.46. The van der Waals surface area contributed by atoms with E-state index >= 15 is 0 Å². The van der Waals surface area contributed by atoms with Crippen molar-refractivity contribution in [1.29, 1.82) is 0 Å². The molecule has 0 spiro atoms. The van der Waals surface area contributed by atoms with Crippen molar-refractivity contribution >= 4 is 5.91 Å². The van der Waals surface area contributed by atoms with Crippen LogP contribution in [0.15, 0.2) is 18.3 Å². The molecular weight excluding hydrogens is 252 g/mol. The smallest absolute Gasteiger partial charge is 0.251 e. The van der Waals surface area contributed by atoms with Crippen LogP contribution in [0, 0.1) is 0 Å². The lowest BCUT2D eigenvalue weighted by Crippen LogP contribution is -2.44. The Morgan fingerprint density at radius 3 is 2.90 bits per heavy atom. The van der Waals surface area contributed by atoms with E-state index in [1.54, 1.807) is 18.3 Å². The van der Waals surface area contributed by atoms with Gasteiger partial charge in [0.25, 0.3) is 5.91 Å². The number of rotatable bonds is 5. The van der Waals surface area contributed by atoms with Crippen LogP contribution in [0.1, 0.15) is 42.2 Å². The first-order valence-electron chi connectivity index (χ1n) is 7.41. The highest BCUT2D eigenvalue weighted by Gasteiger charge is 2.20. The molecule has 5 heteroatoms. The van der Waals surface area contributed by atoms with Gasteiger partial charge in [0, 0.05) is 37.4 Å². The minimum absolute atomic E-state index is 0.0176. The van der Waals surface area contributed by atoms with Crippen molar-refractivity contribution in [2.24, 2.45) is 5.73 Å². The number of amides is 1. The highest BCUT2D eigenvalue weighted by atomic mass is 16.1. The maximum Gasteiger partial charge on any atom is 0.251 e. The number of pyridine rings is 1. The molecule has 20 heavy (non-hydrogen) atoms. The number of hydrogen-bond acceptors (Lipinski definition) is 4. The number of likely N-dealkylation sites (tertiary alicyclic amines) is 1. The Bertz CT molecular complexity index is 441. The maximum absolute atomic E-state index is 12.2. The van der Waals surface area contributed by atoms with Gasteiger partial charge in [-0.25, -0.2) is 0 Å². The molecule has 1 fully saturated rings. The number of piperidine rings is 1. The number of carbonyl (C=O) groups is 1. The number of carbonyl (C=O) groups excluding carboxylic acids is 1. The summed E-state index contributed by atoms with van der Waals surface area (Å²) >= 11 is 0. The predicted molar refractivity (Wildman–Crippen MR) is 79.3 cm³/mol. The quantitative estimate of drug-likeness (QED) is 0.846. The summed E-state index contributed by atoms with van der Waals surface area (Å²) in [6.45, 7) is 5.86. The Labute approximate surface area is 120 Å². The largest absolute Gasteiger partial charge is 0.349 e. The molecule has 110 valence electrons. The Kier molecular flexibility index (Phi) is 5.49. The first kappa shape index (κ1) is 14.9. The minimum atomic E-state index is -0.0176. The molecular formula is C15H24N4O. The average Bonchev–Trinajstić information content (AvgIpc) is 2.49. The molecule has 1 aliphatic heterocycles. The van der Waals surface area contributed by atoms with Crippen molar-refractivity contribution in [3.05, 3.63) is 29.6 Å². The van der Waals surface area contributed by atoms with Crippen LogP contribution in [-0.2, 0) is 6.54 Å². The van der Waals surface area contributed by atoms with Gasteiger partial charge >= 0.3 is 0 Å². The zero-order chi connectivity index (χ0) is 14.4. The number of nitrogens with two attached hydrogens (primary N) is 1. The van der Waals surface area contributed by atoms with Crippen molar-refractivity contribution in [2.45, 2.75) is 38.8 Å². The van der Waals surface area contributed by atoms with Crippen molar-refractivity contribution < 1.29 is 4.79 Å². The fraction of sp³-hybridized carbons (Fsp3) is 0.600. The van der Waals surface area contributed by atoms with E-state index in [0.29, 0.717) is 12.1 Å². The number of nitrogens with zero attached hydrogens (tertiary/aromatic N) is 2. The van der Waals surface area contributed by atoms with Gasteiger partial charge in [-0.2, -0.15) is 0 Å². The summed E-state index contributed by atoms with van der Waals surface area (Å²) in [5.74, 6) is -0.0176. The Morgan fingerprint density at radius 1 is 1.50 bits per heavy atom. The molecule has 0 aromatic carbocycles. The number of aromatic nitrogens is 1. The monoisotopic (exact) mass is 276 g/mol. The molecule has 1 aromatic heterocycles. The highest BCUT2D eigenvalue weighted by molar-refractivity contribution is 5.94. The van der Waals surface area contributed by atoms with E-state index in [9.17, 15) is 4.79 Å². The van der Waals surface area contributed by atoms with Gasteiger partial charge in [0.2, 0.25) is 0 Å². The van der Waals surface area contributed by atoms with Crippen LogP contribution in [0.5, 0.6) is 0 Å². The third kappa shape index (κ3) is 4.02. The average molecular weight is 276 g/mol. The number of nitrogens with one attached hydrogen (secondary N) is 1. The zero-order valence-electron chi connectivity index (χ0n) is 12.1. The minimum Gasteiger partial charge on any atom is -0.349 e. The van der Waals surface area contributed by atoms with Gasteiger partial charge in [-0.1, -0.05) is 6.92 Å². The molecule has 3 N–H and O–H groups in total. The Balaban J connectivity index is 1.86. The van der Waals surface area contributed by atoms with Gasteiger partial charge in [-0.3, -0.25) is 9.78 Å². The summed E-state index contributed by atoms with van der Waals surface area (Å²) in [6.07, 6.45) is 4.89. The summed E-state index contributed by atoms with van der Waals surface area (Å²) in [4.78, 5) is 18.8. The van der Waals surface area contributed by atoms with Crippen LogP contribution in [0.2, 0.25) is 0 Å². The third-order valence-electron chi connectivity index (χ3n) is 3.75. The van der Waals surface area contributed by atoms with Crippen LogP contribution < -0.4 is 11.1 Å². The first-order valence-corrected chi connectivity index (χ1v) is 7.41. The molecule has 0 unspecified atom stereocenters. The van der Waals surface area contributed by atoms with E-state index in [1.807, 2.05) is 0 Å². The summed E-state index contributed by atoms with van der Waals surface area (Å²) in [5.41, 5.74) is 6.94. The third-order valence-corrected chi connectivity index (χ3v) is 3.75. The molecule has 5 nitrogen and oxygen atoms in total. The van der Waals surface area contributed by atoms with Gasteiger partial charge in [0.1, 0.15) is 0 Å². The van der Waals surface area contributed by atoms with E-state index in [-0.39, 0.29) is 11.9 Å². The van der Waals surface area contributed by atoms with Gasteiger partial charge < -0.3 is 16.0 Å². The lowest BCUT2D eigenvalue weighted by Gasteiger charge is -2.32. The predicted octanol–water partition coefficient (Wildman–Crippen LogP) is 1.14. The molecule has 1 aliphatic rings. The second-order valence-corrected chi connectivity index (χ2v) is 5.33. The molecule has 0 atom stereocenters. The molecule has 0 bridgehead atoms. The van der Waals surface area contributed by atoms with Crippen LogP contribution in [0.4, 0.5) is 0 Å². The lowest BCUT2D eigenvalue weighted by atomic mass is 10.0. The summed E-state index contributed by atoms with van der Waals surface area (Å²) < 4.78 is 0. The molecule has 0 saturated carbocycles. The van der Waals surface area contributed by atoms with Crippen molar-refractivity contribution in [3.63, 3.8) is 0 Å². The van der Waals surface area contributed by atoms with Crippen LogP contribution in [0.3, 0.4) is 0 Å². The van der Waals surface area contributed by atoms with Crippen molar-refractivity contribution in [1.82, 2.24) is 15.2 Å². The summed E-state index contributed by atoms with van der Waals surface area (Å²) in [6, 6.07) is 3.78. The second-order valence-electron chi connectivity index (χ2n) is 5.33. The first-order chi connectivity index (χ1) is 9.72. The summed E-state index contributed by atoms with van der Waals surface area (Å²) in [5, 5.41) is 3.11. The van der Waals surface area contributed by atoms with Crippen molar-refractivity contribution in [2.75, 3.05) is 19.6 Å². The fourth-order valence-electron chi connectivity index (χ4n) is 2.62. The van der Waals surface area contributed by atoms with Gasteiger partial charge in [-0.15, -0.1) is 0 Å². The van der Waals surface area contributed by atoms with Gasteiger partial charge in [0.15, 0.2) is 0 Å². The van der Waals surface area contributed by atoms with E-state index in [2.05, 4.69) is 22.1 Å². The SMILES string of the molecule is CCCN1CCC(NC(=O)c2ccnc(CN)c2)CC1. The molecule has 2 heterocycles. The topological polar surface area (TPSA) is 71.2 Å². The lowest BCUT2D eigenvalue weighted by molar-refractivity contribution is 0.0911. The molecule has 0 radical (unpaired) electrons. The van der Waals surface area contributed by atoms with Crippen LogP contribution in [0.25, 0.3) is 0 Å². The van der Waals surface area contributed by atoms with E-state index in [4.69, 9.17) is 5.73 Å². The maximum atomic E-state index is 12.2. The summed E-state index contributed by atoms with van der Waals surface area (Å²) in [7, 11) is 0. The second kappa shape index (κ2) is 7.36. The van der Waals surface area contributed by atoms with E-state index in [0.717, 1.165) is 38.2 Å².